The number of carbonyl (C=O) groups is 1. The first kappa shape index (κ1) is 4.32. The molecule has 1 fully saturated rings. The predicted molar refractivity (Wildman–Crippen MR) is 28.7 cm³/mol. The average molecular weight is 116 g/mol. The largest absolute Gasteiger partial charge is 0.480 e. The van der Waals surface area contributed by atoms with Gasteiger partial charge in [-0.1, -0.05) is 0 Å². The van der Waals surface area contributed by atoms with E-state index in [2.05, 4.69) is 5.32 Å². The molecule has 3 nitrogen and oxygen atoms in total. The van der Waals surface area contributed by atoms with Gasteiger partial charge in [0, 0.05) is 1.37 Å². The van der Waals surface area contributed by atoms with Gasteiger partial charge < -0.3 is 10.4 Å². The standard InChI is InChI=1S/C5H9NO2/c7-5(8)4-2-1-3-6-4/h4,6H,1-3H2,(H,7,8)/t4-/m0/s1/i1D/t1?,4-. The van der Waals surface area contributed by atoms with Crippen LogP contribution in [-0.4, -0.2) is 23.7 Å². The Morgan fingerprint density at radius 1 is 2.00 bits per heavy atom. The van der Waals surface area contributed by atoms with E-state index in [-0.39, 0.29) is 6.40 Å². The Balaban J connectivity index is 2.39. The number of hydrogen-bond acceptors (Lipinski definition) is 2. The maximum absolute atomic E-state index is 10.2. The van der Waals surface area contributed by atoms with Gasteiger partial charge in [0.15, 0.2) is 0 Å². The summed E-state index contributed by atoms with van der Waals surface area (Å²) in [4.78, 5) is 10.2. The molecule has 8 heavy (non-hydrogen) atoms. The average Bonchev–Trinajstić information content (AvgIpc) is 2.14. The third-order valence-electron chi connectivity index (χ3n) is 1.21. The van der Waals surface area contributed by atoms with Gasteiger partial charge in [0.2, 0.25) is 0 Å². The van der Waals surface area contributed by atoms with Crippen molar-refractivity contribution in [1.29, 1.82) is 0 Å². The van der Waals surface area contributed by atoms with Crippen molar-refractivity contribution in [2.75, 3.05) is 6.54 Å². The fourth-order valence-corrected chi connectivity index (χ4v) is 0.747. The number of aliphatic carboxylic acids is 1. The van der Waals surface area contributed by atoms with Crippen molar-refractivity contribution in [3.05, 3.63) is 0 Å². The molecule has 2 atom stereocenters. The van der Waals surface area contributed by atoms with E-state index in [4.69, 9.17) is 6.48 Å². The van der Waals surface area contributed by atoms with Crippen LogP contribution >= 0.6 is 0 Å². The molecular weight excluding hydrogens is 106 g/mol. The monoisotopic (exact) mass is 116 g/mol. The van der Waals surface area contributed by atoms with Crippen molar-refractivity contribution in [3.8, 4) is 0 Å². The van der Waals surface area contributed by atoms with Crippen LogP contribution in [0.5, 0.6) is 0 Å². The van der Waals surface area contributed by atoms with Gasteiger partial charge in [-0.15, -0.1) is 0 Å². The van der Waals surface area contributed by atoms with Gasteiger partial charge in [0.1, 0.15) is 6.04 Å². The highest BCUT2D eigenvalue weighted by Gasteiger charge is 2.20. The number of nitrogens with one attached hydrogen (secondary N) is 1. The van der Waals surface area contributed by atoms with Crippen LogP contribution in [0.15, 0.2) is 0 Å². The molecular formula is C5H9NO2. The molecule has 46 valence electrons. The van der Waals surface area contributed by atoms with Gasteiger partial charge in [0.05, 0.1) is 0 Å². The topological polar surface area (TPSA) is 49.3 Å². The second-order valence-electron chi connectivity index (χ2n) is 1.82. The van der Waals surface area contributed by atoms with E-state index in [0.717, 1.165) is 0 Å². The lowest BCUT2D eigenvalue weighted by molar-refractivity contribution is -0.139. The summed E-state index contributed by atoms with van der Waals surface area (Å²) in [5.74, 6) is -0.843. The molecule has 1 saturated heterocycles. The second-order valence-corrected chi connectivity index (χ2v) is 1.82. The maximum Gasteiger partial charge on any atom is 0.320 e. The first-order chi connectivity index (χ1) is 4.20. The smallest absolute Gasteiger partial charge is 0.320 e. The zero-order valence-corrected chi connectivity index (χ0v) is 4.42. The van der Waals surface area contributed by atoms with Crippen molar-refractivity contribution in [2.24, 2.45) is 0 Å². The van der Waals surface area contributed by atoms with Gasteiger partial charge >= 0.3 is 5.97 Å². The van der Waals surface area contributed by atoms with Gasteiger partial charge in [0.25, 0.3) is 0 Å². The van der Waals surface area contributed by atoms with Gasteiger partial charge in [-0.25, -0.2) is 0 Å². The van der Waals surface area contributed by atoms with Crippen LogP contribution in [0.4, 0.5) is 0 Å². The molecule has 2 N–H and O–H groups in total. The highest BCUT2D eigenvalue weighted by Crippen LogP contribution is 2.03. The molecule has 0 radical (unpaired) electrons. The van der Waals surface area contributed by atoms with Crippen LogP contribution in [0.2, 0.25) is 0 Å². The third-order valence-corrected chi connectivity index (χ3v) is 1.21. The van der Waals surface area contributed by atoms with Crippen molar-refractivity contribution < 1.29 is 11.3 Å². The van der Waals surface area contributed by atoms with E-state index in [0.29, 0.717) is 13.0 Å². The lowest BCUT2D eigenvalue weighted by atomic mass is 10.2. The zero-order chi connectivity index (χ0) is 6.85. The predicted octanol–water partition coefficient (Wildman–Crippen LogP) is -0.177. The van der Waals surface area contributed by atoms with Crippen LogP contribution in [0.25, 0.3) is 0 Å². The molecule has 3 heteroatoms. The number of hydrogen-bond donors (Lipinski definition) is 2. The Morgan fingerprint density at radius 2 is 2.75 bits per heavy atom. The highest BCUT2D eigenvalue weighted by atomic mass is 16.4. The van der Waals surface area contributed by atoms with E-state index in [1.165, 1.54) is 0 Å². The Bertz CT molecular complexity index is 128. The lowest BCUT2D eigenvalue weighted by Crippen LogP contribution is -2.29. The first-order valence-corrected chi connectivity index (χ1v) is 2.58. The van der Waals surface area contributed by atoms with Crippen molar-refractivity contribution in [2.45, 2.75) is 18.9 Å². The van der Waals surface area contributed by atoms with E-state index >= 15 is 0 Å². The Hall–Kier alpha value is -0.570. The highest BCUT2D eigenvalue weighted by molar-refractivity contribution is 5.73. The fraction of sp³-hybridized carbons (Fsp3) is 0.800. The molecule has 0 aromatic heterocycles. The quantitative estimate of drug-likeness (QED) is 0.499. The molecule has 1 aliphatic rings. The van der Waals surface area contributed by atoms with Crippen LogP contribution in [0.1, 0.15) is 14.2 Å². The first-order valence-electron chi connectivity index (χ1n) is 3.16. The van der Waals surface area contributed by atoms with Crippen molar-refractivity contribution in [1.82, 2.24) is 5.32 Å². The molecule has 1 unspecified atom stereocenters. The summed E-state index contributed by atoms with van der Waals surface area (Å²) in [5, 5.41) is 11.1. The van der Waals surface area contributed by atoms with E-state index in [9.17, 15) is 4.79 Å². The van der Waals surface area contributed by atoms with Crippen LogP contribution in [0.3, 0.4) is 0 Å². The fourth-order valence-electron chi connectivity index (χ4n) is 0.747. The minimum atomic E-state index is -0.843. The summed E-state index contributed by atoms with van der Waals surface area (Å²) in [6, 6.07) is -0.479. The van der Waals surface area contributed by atoms with Crippen LogP contribution < -0.4 is 5.32 Å². The van der Waals surface area contributed by atoms with Gasteiger partial charge in [-0.2, -0.15) is 0 Å². The molecule has 0 saturated carbocycles. The minimum Gasteiger partial charge on any atom is -0.480 e. The van der Waals surface area contributed by atoms with Crippen LogP contribution in [-0.2, 0) is 4.79 Å². The van der Waals surface area contributed by atoms with Crippen molar-refractivity contribution >= 4 is 5.97 Å². The molecule has 1 heterocycles. The zero-order valence-electron chi connectivity index (χ0n) is 5.42. The van der Waals surface area contributed by atoms with E-state index < -0.39 is 12.0 Å². The number of carboxylic acid groups (broad SMARTS) is 1. The van der Waals surface area contributed by atoms with E-state index in [1.54, 1.807) is 0 Å². The molecule has 0 aromatic carbocycles. The summed E-state index contributed by atoms with van der Waals surface area (Å²) >= 11 is 0. The van der Waals surface area contributed by atoms with Gasteiger partial charge in [-0.3, -0.25) is 4.79 Å². The summed E-state index contributed by atoms with van der Waals surface area (Å²) < 4.78 is 7.13. The summed E-state index contributed by atoms with van der Waals surface area (Å²) in [7, 11) is 0. The molecule has 0 amide bonds. The van der Waals surface area contributed by atoms with Gasteiger partial charge in [-0.05, 0) is 19.4 Å². The second kappa shape index (κ2) is 2.13. The Labute approximate surface area is 49.1 Å². The number of carboxylic acids is 1. The molecule has 0 aliphatic carbocycles. The molecule has 0 bridgehead atoms. The van der Waals surface area contributed by atoms with Crippen LogP contribution in [0, 0.1) is 0 Å². The molecule has 1 rings (SSSR count). The molecule has 1 aliphatic heterocycles. The third kappa shape index (κ3) is 0.980. The molecule has 0 spiro atoms. The Kier molecular flexibility index (Phi) is 1.15. The SMILES string of the molecule is [2H]C1CN[C@H](C(=O)O)C1. The normalized spacial score (nSPS) is 39.2. The summed E-state index contributed by atoms with van der Waals surface area (Å²) in [6.07, 6.45) is 0.209. The number of rotatable bonds is 1. The molecule has 0 aromatic rings. The lowest BCUT2D eigenvalue weighted by Gasteiger charge is -1.99. The minimum absolute atomic E-state index is 0.230. The Morgan fingerprint density at radius 3 is 3.00 bits per heavy atom. The summed E-state index contributed by atoms with van der Waals surface area (Å²) in [5.41, 5.74) is 0. The maximum atomic E-state index is 10.2. The van der Waals surface area contributed by atoms with Crippen molar-refractivity contribution in [3.63, 3.8) is 0 Å². The summed E-state index contributed by atoms with van der Waals surface area (Å²) in [6.45, 7) is 0.511. The van der Waals surface area contributed by atoms with E-state index in [1.807, 2.05) is 0 Å².